The van der Waals surface area contributed by atoms with Crippen LogP contribution in [0.15, 0.2) is 5.38 Å². The normalized spacial score (nSPS) is 16.8. The molecule has 1 aliphatic heterocycles. The third kappa shape index (κ3) is 3.85. The molecule has 0 aliphatic carbocycles. The first-order chi connectivity index (χ1) is 8.04. The quantitative estimate of drug-likeness (QED) is 0.906. The third-order valence-corrected chi connectivity index (χ3v) is 3.50. The zero-order valence-corrected chi connectivity index (χ0v) is 10.1. The highest BCUT2D eigenvalue weighted by Crippen LogP contribution is 2.24. The summed E-state index contributed by atoms with van der Waals surface area (Å²) >= 11 is 1.50. The zero-order chi connectivity index (χ0) is 12.3. The lowest BCUT2D eigenvalue weighted by Gasteiger charge is -2.12. The number of halogens is 3. The van der Waals surface area contributed by atoms with Crippen LogP contribution in [0.5, 0.6) is 0 Å². The Labute approximate surface area is 102 Å². The lowest BCUT2D eigenvalue weighted by Crippen LogP contribution is -2.28. The number of rotatable bonds is 4. The molecule has 0 spiro atoms. The van der Waals surface area contributed by atoms with Gasteiger partial charge in [-0.2, -0.15) is 13.2 Å². The van der Waals surface area contributed by atoms with Gasteiger partial charge in [0, 0.05) is 25.0 Å². The summed E-state index contributed by atoms with van der Waals surface area (Å²) in [6, 6.07) is 0. The maximum absolute atomic E-state index is 11.9. The number of nitrogens with one attached hydrogen (secondary N) is 1. The van der Waals surface area contributed by atoms with Gasteiger partial charge < -0.3 is 10.2 Å². The number of hydrogen-bond acceptors (Lipinski definition) is 4. The minimum absolute atomic E-state index is 0.170. The molecule has 0 unspecified atom stereocenters. The van der Waals surface area contributed by atoms with Gasteiger partial charge in [0.05, 0.1) is 12.2 Å². The summed E-state index contributed by atoms with van der Waals surface area (Å²) in [6.45, 7) is 1.21. The van der Waals surface area contributed by atoms with Crippen LogP contribution in [0, 0.1) is 0 Å². The topological polar surface area (TPSA) is 28.2 Å². The molecule has 0 atom stereocenters. The highest BCUT2D eigenvalue weighted by molar-refractivity contribution is 7.13. The van der Waals surface area contributed by atoms with Crippen LogP contribution in [0.3, 0.4) is 0 Å². The van der Waals surface area contributed by atoms with Gasteiger partial charge in [-0.3, -0.25) is 0 Å². The molecule has 2 rings (SSSR count). The van der Waals surface area contributed by atoms with Crippen LogP contribution in [0.25, 0.3) is 0 Å². The Balaban J connectivity index is 1.81. The van der Waals surface area contributed by atoms with Gasteiger partial charge in [-0.25, -0.2) is 4.98 Å². The molecule has 0 amide bonds. The van der Waals surface area contributed by atoms with Crippen molar-refractivity contribution in [1.82, 2.24) is 10.3 Å². The van der Waals surface area contributed by atoms with E-state index in [4.69, 9.17) is 0 Å². The Hall–Kier alpha value is -0.820. The van der Waals surface area contributed by atoms with E-state index in [9.17, 15) is 13.2 Å². The van der Waals surface area contributed by atoms with Gasteiger partial charge in [0.2, 0.25) is 0 Å². The zero-order valence-electron chi connectivity index (χ0n) is 9.26. The Morgan fingerprint density at radius 2 is 2.06 bits per heavy atom. The summed E-state index contributed by atoms with van der Waals surface area (Å²) in [7, 11) is 0. The van der Waals surface area contributed by atoms with E-state index >= 15 is 0 Å². The highest BCUT2D eigenvalue weighted by atomic mass is 32.1. The number of thiazole rings is 1. The molecule has 1 aromatic rings. The third-order valence-electron chi connectivity index (χ3n) is 2.55. The number of nitrogens with zero attached hydrogens (tertiary/aromatic N) is 2. The number of anilines is 1. The molecule has 0 saturated carbocycles. The highest BCUT2D eigenvalue weighted by Gasteiger charge is 2.26. The minimum Gasteiger partial charge on any atom is -0.348 e. The molecule has 0 aromatic carbocycles. The lowest BCUT2D eigenvalue weighted by molar-refractivity contribution is -0.125. The van der Waals surface area contributed by atoms with Gasteiger partial charge in [-0.1, -0.05) is 0 Å². The van der Waals surface area contributed by atoms with Crippen LogP contribution in [-0.4, -0.2) is 30.8 Å². The van der Waals surface area contributed by atoms with Crippen molar-refractivity contribution in [2.45, 2.75) is 25.6 Å². The summed E-state index contributed by atoms with van der Waals surface area (Å²) in [5, 5.41) is 5.09. The van der Waals surface area contributed by atoms with Crippen molar-refractivity contribution in [3.63, 3.8) is 0 Å². The molecule has 1 aliphatic rings. The van der Waals surface area contributed by atoms with Gasteiger partial charge in [-0.05, 0) is 12.8 Å². The standard InChI is InChI=1S/C10H14F3N3S/c11-10(12,13)7-14-5-8-6-17-9(15-8)16-3-1-2-4-16/h6,14H,1-5,7H2. The summed E-state index contributed by atoms with van der Waals surface area (Å²) in [5.41, 5.74) is 0.682. The average molecular weight is 265 g/mol. The van der Waals surface area contributed by atoms with Crippen LogP contribution in [0.2, 0.25) is 0 Å². The Morgan fingerprint density at radius 3 is 2.71 bits per heavy atom. The van der Waals surface area contributed by atoms with Crippen LogP contribution in [0.1, 0.15) is 18.5 Å². The molecule has 1 aromatic heterocycles. The summed E-state index contributed by atoms with van der Waals surface area (Å²) in [6.07, 6.45) is -1.82. The van der Waals surface area contributed by atoms with E-state index in [0.717, 1.165) is 18.2 Å². The molecule has 7 heteroatoms. The lowest BCUT2D eigenvalue weighted by atomic mass is 10.4. The average Bonchev–Trinajstić information content (AvgIpc) is 2.83. The first-order valence-corrected chi connectivity index (χ1v) is 6.39. The predicted octanol–water partition coefficient (Wildman–Crippen LogP) is 2.40. The van der Waals surface area contributed by atoms with Gasteiger partial charge >= 0.3 is 6.18 Å². The molecule has 17 heavy (non-hydrogen) atoms. The SMILES string of the molecule is FC(F)(F)CNCc1csc(N2CCCC2)n1. The molecule has 3 nitrogen and oxygen atoms in total. The number of alkyl halides is 3. The van der Waals surface area contributed by atoms with Gasteiger partial charge in [0.15, 0.2) is 5.13 Å². The number of aromatic nitrogens is 1. The fraction of sp³-hybridized carbons (Fsp3) is 0.700. The second-order valence-electron chi connectivity index (χ2n) is 4.03. The van der Waals surface area contributed by atoms with Gasteiger partial charge in [0.1, 0.15) is 0 Å². The van der Waals surface area contributed by atoms with E-state index in [2.05, 4.69) is 15.2 Å². The van der Waals surface area contributed by atoms with Crippen molar-refractivity contribution in [3.8, 4) is 0 Å². The molecule has 2 heterocycles. The molecular formula is C10H14F3N3S. The second-order valence-corrected chi connectivity index (χ2v) is 4.87. The first kappa shape index (κ1) is 12.6. The molecule has 0 bridgehead atoms. The molecular weight excluding hydrogens is 251 g/mol. The van der Waals surface area contributed by atoms with Crippen molar-refractivity contribution in [1.29, 1.82) is 0 Å². The van der Waals surface area contributed by atoms with E-state index in [1.54, 1.807) is 0 Å². The monoisotopic (exact) mass is 265 g/mol. The Bertz CT molecular complexity index is 358. The molecule has 1 saturated heterocycles. The molecule has 1 N–H and O–H groups in total. The molecule has 0 radical (unpaired) electrons. The van der Waals surface area contributed by atoms with Crippen LogP contribution < -0.4 is 10.2 Å². The molecule has 1 fully saturated rings. The van der Waals surface area contributed by atoms with Gasteiger partial charge in [0.25, 0.3) is 0 Å². The van der Waals surface area contributed by atoms with Crippen molar-refractivity contribution >= 4 is 16.5 Å². The maximum Gasteiger partial charge on any atom is 0.401 e. The Morgan fingerprint density at radius 1 is 1.35 bits per heavy atom. The fourth-order valence-electron chi connectivity index (χ4n) is 1.76. The second kappa shape index (κ2) is 5.22. The van der Waals surface area contributed by atoms with E-state index in [1.807, 2.05) is 5.38 Å². The summed E-state index contributed by atoms with van der Waals surface area (Å²) < 4.78 is 35.8. The van der Waals surface area contributed by atoms with Crippen LogP contribution in [-0.2, 0) is 6.54 Å². The fourth-order valence-corrected chi connectivity index (χ4v) is 2.64. The first-order valence-electron chi connectivity index (χ1n) is 5.51. The minimum atomic E-state index is -4.16. The van der Waals surface area contributed by atoms with E-state index in [-0.39, 0.29) is 6.54 Å². The van der Waals surface area contributed by atoms with Crippen molar-refractivity contribution in [2.75, 3.05) is 24.5 Å². The van der Waals surface area contributed by atoms with Crippen LogP contribution in [0.4, 0.5) is 18.3 Å². The molecule has 96 valence electrons. The van der Waals surface area contributed by atoms with Crippen molar-refractivity contribution < 1.29 is 13.2 Å². The smallest absolute Gasteiger partial charge is 0.348 e. The van der Waals surface area contributed by atoms with Crippen LogP contribution >= 0.6 is 11.3 Å². The number of hydrogen-bond donors (Lipinski definition) is 1. The Kier molecular flexibility index (Phi) is 3.88. The van der Waals surface area contributed by atoms with E-state index in [0.29, 0.717) is 5.69 Å². The van der Waals surface area contributed by atoms with E-state index < -0.39 is 12.7 Å². The largest absolute Gasteiger partial charge is 0.401 e. The maximum atomic E-state index is 11.9. The predicted molar refractivity (Wildman–Crippen MR) is 61.3 cm³/mol. The van der Waals surface area contributed by atoms with Gasteiger partial charge in [-0.15, -0.1) is 11.3 Å². The van der Waals surface area contributed by atoms with Crippen molar-refractivity contribution in [2.24, 2.45) is 0 Å². The summed E-state index contributed by atoms with van der Waals surface area (Å²) in [4.78, 5) is 6.50. The van der Waals surface area contributed by atoms with Crippen molar-refractivity contribution in [3.05, 3.63) is 11.1 Å². The summed E-state index contributed by atoms with van der Waals surface area (Å²) in [5.74, 6) is 0. The van der Waals surface area contributed by atoms with E-state index in [1.165, 1.54) is 24.2 Å².